The number of ketones is 1. The number of carbonyl (C=O) groups is 1. The first kappa shape index (κ1) is 24.0. The van der Waals surface area contributed by atoms with Gasteiger partial charge in [-0.2, -0.15) is 10.2 Å². The van der Waals surface area contributed by atoms with E-state index in [2.05, 4.69) is 41.7 Å². The van der Waals surface area contributed by atoms with Gasteiger partial charge in [0.25, 0.3) is 0 Å². The summed E-state index contributed by atoms with van der Waals surface area (Å²) in [5.74, 6) is 0.745. The molecule has 0 amide bonds. The van der Waals surface area contributed by atoms with Crippen LogP contribution in [0, 0.1) is 5.82 Å². The highest BCUT2D eigenvalue weighted by molar-refractivity contribution is 6.08. The van der Waals surface area contributed by atoms with Gasteiger partial charge in [0.15, 0.2) is 5.78 Å². The Balaban J connectivity index is 1.27. The highest BCUT2D eigenvalue weighted by Crippen LogP contribution is 2.24. The minimum absolute atomic E-state index is 0.246. The number of aliphatic imine (C=N–C) groups is 1. The second kappa shape index (κ2) is 10.1. The van der Waals surface area contributed by atoms with Gasteiger partial charge in [-0.25, -0.2) is 19.0 Å². The van der Waals surface area contributed by atoms with Gasteiger partial charge in [0.05, 0.1) is 11.8 Å². The lowest BCUT2D eigenvalue weighted by molar-refractivity contribution is 0.103. The number of amidine groups is 1. The molecular formula is C26H26FN9O. The lowest BCUT2D eigenvalue weighted by Gasteiger charge is -2.36. The molecule has 0 N–H and O–H groups in total. The number of halogens is 1. The number of benzene rings is 1. The number of hydrogen-bond donors (Lipinski definition) is 0. The number of hydrogen-bond acceptors (Lipinski definition) is 7. The van der Waals surface area contributed by atoms with Gasteiger partial charge in [0.1, 0.15) is 17.3 Å². The minimum atomic E-state index is -0.388. The van der Waals surface area contributed by atoms with Crippen LogP contribution >= 0.6 is 0 Å². The van der Waals surface area contributed by atoms with Crippen molar-refractivity contribution >= 4 is 24.3 Å². The normalized spacial score (nSPS) is 14.2. The molecule has 1 saturated heterocycles. The molecule has 0 bridgehead atoms. The Labute approximate surface area is 213 Å². The van der Waals surface area contributed by atoms with Gasteiger partial charge in [-0.3, -0.25) is 14.5 Å². The molecule has 37 heavy (non-hydrogen) atoms. The second-order valence-corrected chi connectivity index (χ2v) is 8.63. The van der Waals surface area contributed by atoms with E-state index in [0.29, 0.717) is 43.3 Å². The van der Waals surface area contributed by atoms with Crippen molar-refractivity contribution in [3.8, 4) is 11.1 Å². The third-order valence-electron chi connectivity index (χ3n) is 6.30. The first-order valence-electron chi connectivity index (χ1n) is 11.7. The zero-order chi connectivity index (χ0) is 25.9. The van der Waals surface area contributed by atoms with Gasteiger partial charge < -0.3 is 9.80 Å². The van der Waals surface area contributed by atoms with Crippen molar-refractivity contribution in [3.63, 3.8) is 0 Å². The topological polar surface area (TPSA) is 96.8 Å². The highest BCUT2D eigenvalue weighted by atomic mass is 19.1. The van der Waals surface area contributed by atoms with E-state index in [1.807, 2.05) is 31.7 Å². The fourth-order valence-electron chi connectivity index (χ4n) is 4.37. The van der Waals surface area contributed by atoms with Gasteiger partial charge in [-0.05, 0) is 30.3 Å². The zero-order valence-electron chi connectivity index (χ0n) is 20.6. The molecule has 0 atom stereocenters. The monoisotopic (exact) mass is 499 g/mol. The van der Waals surface area contributed by atoms with E-state index >= 15 is 0 Å². The van der Waals surface area contributed by atoms with Crippen molar-refractivity contribution in [1.82, 2.24) is 29.3 Å². The maximum absolute atomic E-state index is 13.2. The first-order valence-corrected chi connectivity index (χ1v) is 11.7. The molecular weight excluding hydrogens is 473 g/mol. The van der Waals surface area contributed by atoms with Crippen molar-refractivity contribution in [1.29, 1.82) is 0 Å². The molecule has 188 valence electrons. The summed E-state index contributed by atoms with van der Waals surface area (Å²) in [6.07, 6.45) is 8.71. The molecule has 0 unspecified atom stereocenters. The highest BCUT2D eigenvalue weighted by Gasteiger charge is 2.25. The summed E-state index contributed by atoms with van der Waals surface area (Å²) in [4.78, 5) is 30.3. The fourth-order valence-corrected chi connectivity index (χ4v) is 4.37. The van der Waals surface area contributed by atoms with Crippen molar-refractivity contribution < 1.29 is 9.18 Å². The van der Waals surface area contributed by atoms with Crippen LogP contribution in [-0.2, 0) is 7.05 Å². The molecule has 0 spiro atoms. The van der Waals surface area contributed by atoms with Crippen LogP contribution in [0.1, 0.15) is 21.6 Å². The SMILES string of the molecule is C=Nn1cc(-c2cnn(C)c2)cc1/C(=N\C)N1CCN(c2ncc(C(=O)c3ccc(F)cc3)cn2)CC1. The average molecular weight is 500 g/mol. The lowest BCUT2D eigenvalue weighted by atomic mass is 10.1. The van der Waals surface area contributed by atoms with E-state index in [-0.39, 0.29) is 11.6 Å². The number of carbonyl (C=O) groups excluding carboxylic acids is 1. The standard InChI is InChI=1S/C26H26FN9O/c1-28-25(23-12-19(17-36(23)29-2)21-15-32-33(3)16-21)34-8-10-35(11-9-34)26-30-13-20(14-31-26)24(37)18-4-6-22(27)7-5-18/h4-7,12-17H,2,8-11H2,1,3H3/b28-25+. The van der Waals surface area contributed by atoms with Crippen LogP contribution < -0.4 is 4.90 Å². The molecule has 10 nitrogen and oxygen atoms in total. The Morgan fingerprint density at radius 2 is 1.68 bits per heavy atom. The van der Waals surface area contributed by atoms with Gasteiger partial charge in [-0.1, -0.05) is 0 Å². The summed E-state index contributed by atoms with van der Waals surface area (Å²) in [6, 6.07) is 7.47. The van der Waals surface area contributed by atoms with E-state index in [1.54, 1.807) is 16.4 Å². The molecule has 1 fully saturated rings. The predicted molar refractivity (Wildman–Crippen MR) is 140 cm³/mol. The van der Waals surface area contributed by atoms with Crippen molar-refractivity contribution in [2.75, 3.05) is 38.1 Å². The lowest BCUT2D eigenvalue weighted by Crippen LogP contribution is -2.49. The molecule has 4 heterocycles. The summed E-state index contributed by atoms with van der Waals surface area (Å²) >= 11 is 0. The van der Waals surface area contributed by atoms with Gasteiger partial charge in [0.2, 0.25) is 5.95 Å². The molecule has 3 aromatic heterocycles. The molecule has 4 aromatic rings. The molecule has 11 heteroatoms. The summed E-state index contributed by atoms with van der Waals surface area (Å²) in [5.41, 5.74) is 3.58. The van der Waals surface area contributed by atoms with Crippen molar-refractivity contribution in [3.05, 3.63) is 84.0 Å². The fraction of sp³-hybridized carbons (Fsp3) is 0.231. The summed E-state index contributed by atoms with van der Waals surface area (Å²) in [7, 11) is 3.65. The molecule has 0 saturated carbocycles. The smallest absolute Gasteiger partial charge is 0.225 e. The van der Waals surface area contributed by atoms with E-state index in [1.165, 1.54) is 36.7 Å². The maximum Gasteiger partial charge on any atom is 0.225 e. The quantitative estimate of drug-likeness (QED) is 0.230. The zero-order valence-corrected chi connectivity index (χ0v) is 20.6. The van der Waals surface area contributed by atoms with E-state index in [9.17, 15) is 9.18 Å². The third-order valence-corrected chi connectivity index (χ3v) is 6.30. The van der Waals surface area contributed by atoms with Gasteiger partial charge >= 0.3 is 0 Å². The predicted octanol–water partition coefficient (Wildman–Crippen LogP) is 2.71. The van der Waals surface area contributed by atoms with E-state index < -0.39 is 0 Å². The Kier molecular flexibility index (Phi) is 6.59. The van der Waals surface area contributed by atoms with Crippen LogP contribution in [0.25, 0.3) is 11.1 Å². The number of anilines is 1. The third kappa shape index (κ3) is 4.88. The first-order chi connectivity index (χ1) is 18.0. The van der Waals surface area contributed by atoms with Crippen LogP contribution in [0.15, 0.2) is 71.4 Å². The van der Waals surface area contributed by atoms with Crippen LogP contribution in [0.4, 0.5) is 10.3 Å². The molecule has 5 rings (SSSR count). The molecule has 1 aromatic carbocycles. The minimum Gasteiger partial charge on any atom is -0.352 e. The van der Waals surface area contributed by atoms with Crippen molar-refractivity contribution in [2.45, 2.75) is 0 Å². The summed E-state index contributed by atoms with van der Waals surface area (Å²) < 4.78 is 16.6. The van der Waals surface area contributed by atoms with Gasteiger partial charge in [-0.15, -0.1) is 0 Å². The Bertz CT molecular complexity index is 1450. The largest absolute Gasteiger partial charge is 0.352 e. The maximum atomic E-state index is 13.2. The molecule has 0 aliphatic carbocycles. The van der Waals surface area contributed by atoms with Crippen LogP contribution in [0.5, 0.6) is 0 Å². The van der Waals surface area contributed by atoms with Crippen LogP contribution in [-0.4, -0.2) is 80.9 Å². The van der Waals surface area contributed by atoms with Gasteiger partial charge in [0, 0.05) is 88.5 Å². The molecule has 1 aliphatic rings. The number of piperazine rings is 1. The second-order valence-electron chi connectivity index (χ2n) is 8.63. The Morgan fingerprint density at radius 1 is 0.973 bits per heavy atom. The molecule has 1 aliphatic heterocycles. The average Bonchev–Trinajstić information content (AvgIpc) is 3.56. The van der Waals surface area contributed by atoms with Crippen molar-refractivity contribution in [2.24, 2.45) is 17.1 Å². The van der Waals surface area contributed by atoms with Crippen LogP contribution in [0.3, 0.4) is 0 Å². The van der Waals surface area contributed by atoms with E-state index in [4.69, 9.17) is 0 Å². The Hall–Kier alpha value is -4.67. The van der Waals surface area contributed by atoms with E-state index in [0.717, 1.165) is 22.7 Å². The molecule has 0 radical (unpaired) electrons. The number of nitrogens with zero attached hydrogens (tertiary/aromatic N) is 9. The van der Waals surface area contributed by atoms with Crippen LogP contribution in [0.2, 0.25) is 0 Å². The number of aryl methyl sites for hydroxylation is 1. The summed E-state index contributed by atoms with van der Waals surface area (Å²) in [5, 5.41) is 8.41. The number of aromatic nitrogens is 5. The summed E-state index contributed by atoms with van der Waals surface area (Å²) in [6.45, 7) is 6.49. The number of rotatable bonds is 6. The Morgan fingerprint density at radius 3 is 2.27 bits per heavy atom.